The van der Waals surface area contributed by atoms with Crippen molar-refractivity contribution in [2.45, 2.75) is 32.1 Å². The molecular weight excluding hydrogens is 252 g/mol. The molecular formula is C15H18N4O. The van der Waals surface area contributed by atoms with Gasteiger partial charge in [0.05, 0.1) is 17.3 Å². The summed E-state index contributed by atoms with van der Waals surface area (Å²) < 4.78 is 0. The predicted octanol–water partition coefficient (Wildman–Crippen LogP) is 2.36. The standard InChI is InChI=1S/C15H18N4O/c1-9-13(16)14(19-18-9)17-15(20)12-8-4-6-10-5-2-3-7-11(10)12/h2-3,5,7,12H,4,6,8,16H2,1H3,(H2,17,18,19,20). The third kappa shape index (κ3) is 2.15. The third-order valence-electron chi connectivity index (χ3n) is 3.92. The molecule has 1 aromatic carbocycles. The number of nitrogen functional groups attached to an aromatic ring is 1. The Balaban J connectivity index is 1.84. The van der Waals surface area contributed by atoms with E-state index in [0.717, 1.165) is 30.5 Å². The molecule has 5 nitrogen and oxygen atoms in total. The SMILES string of the molecule is Cc1[nH]nc(NC(=O)C2CCCc3ccccc32)c1N. The molecule has 1 aliphatic rings. The average molecular weight is 270 g/mol. The van der Waals surface area contributed by atoms with E-state index in [2.05, 4.69) is 21.6 Å². The number of aryl methyl sites for hydroxylation is 2. The van der Waals surface area contributed by atoms with E-state index in [1.807, 2.05) is 25.1 Å². The second-order valence-electron chi connectivity index (χ2n) is 5.24. The van der Waals surface area contributed by atoms with Gasteiger partial charge in [-0.05, 0) is 37.3 Å². The van der Waals surface area contributed by atoms with Gasteiger partial charge in [-0.1, -0.05) is 24.3 Å². The summed E-state index contributed by atoms with van der Waals surface area (Å²) in [4.78, 5) is 12.5. The minimum atomic E-state index is -0.114. The molecule has 20 heavy (non-hydrogen) atoms. The second kappa shape index (κ2) is 5.00. The van der Waals surface area contributed by atoms with Gasteiger partial charge < -0.3 is 11.1 Å². The van der Waals surface area contributed by atoms with Gasteiger partial charge in [0.25, 0.3) is 0 Å². The smallest absolute Gasteiger partial charge is 0.233 e. The van der Waals surface area contributed by atoms with Crippen LogP contribution in [0.15, 0.2) is 24.3 Å². The fraction of sp³-hybridized carbons (Fsp3) is 0.333. The zero-order valence-electron chi connectivity index (χ0n) is 11.4. The maximum atomic E-state index is 12.5. The van der Waals surface area contributed by atoms with Crippen LogP contribution in [0.3, 0.4) is 0 Å². The van der Waals surface area contributed by atoms with Crippen molar-refractivity contribution >= 4 is 17.4 Å². The van der Waals surface area contributed by atoms with Crippen LogP contribution < -0.4 is 11.1 Å². The van der Waals surface area contributed by atoms with Crippen LogP contribution in [0.2, 0.25) is 0 Å². The normalized spacial score (nSPS) is 17.6. The molecule has 0 bridgehead atoms. The number of rotatable bonds is 2. The maximum Gasteiger partial charge on any atom is 0.233 e. The first-order valence-electron chi connectivity index (χ1n) is 6.86. The van der Waals surface area contributed by atoms with E-state index in [9.17, 15) is 4.79 Å². The summed E-state index contributed by atoms with van der Waals surface area (Å²) >= 11 is 0. The molecule has 1 aliphatic carbocycles. The molecule has 1 unspecified atom stereocenters. The Bertz CT molecular complexity index is 647. The van der Waals surface area contributed by atoms with Gasteiger partial charge >= 0.3 is 0 Å². The number of benzene rings is 1. The van der Waals surface area contributed by atoms with Crippen LogP contribution in [-0.2, 0) is 11.2 Å². The van der Waals surface area contributed by atoms with Crippen molar-refractivity contribution in [2.24, 2.45) is 0 Å². The third-order valence-corrected chi connectivity index (χ3v) is 3.92. The lowest BCUT2D eigenvalue weighted by Crippen LogP contribution is -2.25. The van der Waals surface area contributed by atoms with Gasteiger partial charge in [-0.15, -0.1) is 0 Å². The minimum Gasteiger partial charge on any atom is -0.394 e. The highest BCUT2D eigenvalue weighted by Gasteiger charge is 2.27. The van der Waals surface area contributed by atoms with E-state index in [1.165, 1.54) is 5.56 Å². The summed E-state index contributed by atoms with van der Waals surface area (Å²) in [6, 6.07) is 8.14. The van der Waals surface area contributed by atoms with E-state index in [4.69, 9.17) is 5.73 Å². The summed E-state index contributed by atoms with van der Waals surface area (Å²) in [7, 11) is 0. The molecule has 0 aliphatic heterocycles. The molecule has 5 heteroatoms. The lowest BCUT2D eigenvalue weighted by Gasteiger charge is -2.24. The molecule has 1 amide bonds. The highest BCUT2D eigenvalue weighted by molar-refractivity contribution is 5.97. The number of nitrogens with two attached hydrogens (primary N) is 1. The maximum absolute atomic E-state index is 12.5. The fourth-order valence-electron chi connectivity index (χ4n) is 2.76. The zero-order chi connectivity index (χ0) is 14.1. The van der Waals surface area contributed by atoms with Crippen LogP contribution in [-0.4, -0.2) is 16.1 Å². The first-order valence-corrected chi connectivity index (χ1v) is 6.86. The van der Waals surface area contributed by atoms with Crippen molar-refractivity contribution in [2.75, 3.05) is 11.1 Å². The Morgan fingerprint density at radius 3 is 3.00 bits per heavy atom. The van der Waals surface area contributed by atoms with Crippen molar-refractivity contribution in [3.8, 4) is 0 Å². The van der Waals surface area contributed by atoms with Crippen LogP contribution >= 0.6 is 0 Å². The van der Waals surface area contributed by atoms with Crippen molar-refractivity contribution in [3.05, 3.63) is 41.1 Å². The lowest BCUT2D eigenvalue weighted by atomic mass is 9.82. The Morgan fingerprint density at radius 1 is 1.45 bits per heavy atom. The Hall–Kier alpha value is -2.30. The van der Waals surface area contributed by atoms with E-state index >= 15 is 0 Å². The Morgan fingerprint density at radius 2 is 2.25 bits per heavy atom. The highest BCUT2D eigenvalue weighted by atomic mass is 16.2. The number of amides is 1. The summed E-state index contributed by atoms with van der Waals surface area (Å²) in [5.41, 5.74) is 9.53. The molecule has 0 radical (unpaired) electrons. The number of hydrogen-bond donors (Lipinski definition) is 3. The van der Waals surface area contributed by atoms with Gasteiger partial charge in [0, 0.05) is 0 Å². The summed E-state index contributed by atoms with van der Waals surface area (Å²) in [5, 5.41) is 9.63. The van der Waals surface area contributed by atoms with E-state index in [1.54, 1.807) is 0 Å². The molecule has 2 aromatic rings. The van der Waals surface area contributed by atoms with E-state index in [0.29, 0.717) is 11.5 Å². The molecule has 0 fully saturated rings. The Kier molecular flexibility index (Phi) is 3.18. The minimum absolute atomic E-state index is 0.0321. The molecule has 0 saturated carbocycles. The number of hydrogen-bond acceptors (Lipinski definition) is 3. The molecule has 3 rings (SSSR count). The first kappa shape index (κ1) is 12.7. The molecule has 1 heterocycles. The number of carbonyl (C=O) groups excluding carboxylic acids is 1. The topological polar surface area (TPSA) is 83.8 Å². The number of carbonyl (C=O) groups is 1. The molecule has 0 saturated heterocycles. The quantitative estimate of drug-likeness (QED) is 0.783. The number of H-pyrrole nitrogens is 1. The van der Waals surface area contributed by atoms with Crippen LogP contribution in [0.5, 0.6) is 0 Å². The van der Waals surface area contributed by atoms with Crippen LogP contribution in [0.25, 0.3) is 0 Å². The number of aromatic amines is 1. The number of aromatic nitrogens is 2. The summed E-state index contributed by atoms with van der Waals surface area (Å²) in [5.74, 6) is 0.280. The van der Waals surface area contributed by atoms with E-state index in [-0.39, 0.29) is 11.8 Å². The van der Waals surface area contributed by atoms with Crippen LogP contribution in [0.1, 0.15) is 35.6 Å². The number of nitrogens with one attached hydrogen (secondary N) is 2. The fourth-order valence-corrected chi connectivity index (χ4v) is 2.76. The monoisotopic (exact) mass is 270 g/mol. The van der Waals surface area contributed by atoms with Crippen molar-refractivity contribution in [1.82, 2.24) is 10.2 Å². The number of nitrogens with zero attached hydrogens (tertiary/aromatic N) is 1. The second-order valence-corrected chi connectivity index (χ2v) is 5.24. The van der Waals surface area contributed by atoms with Crippen LogP contribution in [0.4, 0.5) is 11.5 Å². The number of anilines is 2. The van der Waals surface area contributed by atoms with Crippen LogP contribution in [0, 0.1) is 6.92 Å². The predicted molar refractivity (Wildman–Crippen MR) is 78.5 cm³/mol. The van der Waals surface area contributed by atoms with Gasteiger partial charge in [0.1, 0.15) is 0 Å². The average Bonchev–Trinajstić information content (AvgIpc) is 2.78. The van der Waals surface area contributed by atoms with Crippen molar-refractivity contribution in [3.63, 3.8) is 0 Å². The van der Waals surface area contributed by atoms with Gasteiger partial charge in [0.15, 0.2) is 5.82 Å². The van der Waals surface area contributed by atoms with Gasteiger partial charge in [0.2, 0.25) is 5.91 Å². The molecule has 4 N–H and O–H groups in total. The summed E-state index contributed by atoms with van der Waals surface area (Å²) in [6.07, 6.45) is 2.94. The largest absolute Gasteiger partial charge is 0.394 e. The van der Waals surface area contributed by atoms with Crippen molar-refractivity contribution in [1.29, 1.82) is 0 Å². The first-order chi connectivity index (χ1) is 9.66. The van der Waals surface area contributed by atoms with E-state index < -0.39 is 0 Å². The highest BCUT2D eigenvalue weighted by Crippen LogP contribution is 2.32. The van der Waals surface area contributed by atoms with Gasteiger partial charge in [-0.25, -0.2) is 0 Å². The lowest BCUT2D eigenvalue weighted by molar-refractivity contribution is -0.117. The summed E-state index contributed by atoms with van der Waals surface area (Å²) in [6.45, 7) is 1.83. The van der Waals surface area contributed by atoms with Gasteiger partial charge in [-0.3, -0.25) is 9.89 Å². The molecule has 1 aromatic heterocycles. The van der Waals surface area contributed by atoms with Gasteiger partial charge in [-0.2, -0.15) is 5.10 Å². The zero-order valence-corrected chi connectivity index (χ0v) is 11.4. The molecule has 0 spiro atoms. The molecule has 1 atom stereocenters. The molecule has 104 valence electrons. The Labute approximate surface area is 117 Å². The van der Waals surface area contributed by atoms with Crippen molar-refractivity contribution < 1.29 is 4.79 Å². The number of fused-ring (bicyclic) bond motifs is 1.